The lowest BCUT2D eigenvalue weighted by Crippen LogP contribution is -2.54. The van der Waals surface area contributed by atoms with Crippen LogP contribution in [0.5, 0.6) is 0 Å². The van der Waals surface area contributed by atoms with E-state index < -0.39 is 0 Å². The van der Waals surface area contributed by atoms with Gasteiger partial charge < -0.3 is 5.84 Å². The van der Waals surface area contributed by atoms with E-state index in [0.29, 0.717) is 10.2 Å². The molecular weight excluding hydrogens is 244 g/mol. The Morgan fingerprint density at radius 1 is 1.33 bits per heavy atom. The molecular formula is C13H20N4S. The molecule has 3 N–H and O–H groups in total. The number of nitrogens with two attached hydrogens (primary N) is 1. The van der Waals surface area contributed by atoms with Gasteiger partial charge in [0.25, 0.3) is 0 Å². The molecule has 4 nitrogen and oxygen atoms in total. The molecule has 0 aromatic carbocycles. The molecule has 1 aromatic heterocycles. The molecule has 0 amide bonds. The first-order valence-corrected chi connectivity index (χ1v) is 7.34. The number of nitrogen functional groups attached to an aromatic ring is 1. The number of H-pyrrole nitrogens is 1. The van der Waals surface area contributed by atoms with Gasteiger partial charge in [0.1, 0.15) is 0 Å². The van der Waals surface area contributed by atoms with Crippen molar-refractivity contribution in [3.8, 4) is 0 Å². The van der Waals surface area contributed by atoms with Crippen LogP contribution in [0.25, 0.3) is 0 Å². The highest BCUT2D eigenvalue weighted by molar-refractivity contribution is 7.71. The standard InChI is InChI=1S/C13H20N4S/c1-12-3-8-2-9(4-12)6-13(5-8,7-12)10-15-16-11(18)17(10)14/h8-9H,2-7,14H2,1H3,(H,16,18). The van der Waals surface area contributed by atoms with Crippen LogP contribution in [-0.2, 0) is 5.41 Å². The maximum atomic E-state index is 6.09. The molecule has 4 aliphatic carbocycles. The molecule has 2 unspecified atom stereocenters. The van der Waals surface area contributed by atoms with Crippen molar-refractivity contribution in [2.24, 2.45) is 17.3 Å². The number of aromatic amines is 1. The van der Waals surface area contributed by atoms with Gasteiger partial charge in [0.2, 0.25) is 4.77 Å². The fraction of sp³-hybridized carbons (Fsp3) is 0.846. The van der Waals surface area contributed by atoms with Crippen LogP contribution < -0.4 is 5.84 Å². The topological polar surface area (TPSA) is 59.6 Å². The van der Waals surface area contributed by atoms with E-state index >= 15 is 0 Å². The molecule has 2 atom stereocenters. The number of aromatic nitrogens is 3. The Kier molecular flexibility index (Phi) is 1.95. The normalized spacial score (nSPS) is 45.6. The van der Waals surface area contributed by atoms with Crippen LogP contribution in [0.1, 0.15) is 51.3 Å². The molecule has 4 aliphatic rings. The highest BCUT2D eigenvalue weighted by Crippen LogP contribution is 2.65. The Balaban J connectivity index is 1.84. The number of hydrogen-bond donors (Lipinski definition) is 2. The van der Waals surface area contributed by atoms with Crippen LogP contribution in [0.3, 0.4) is 0 Å². The van der Waals surface area contributed by atoms with Gasteiger partial charge >= 0.3 is 0 Å². The van der Waals surface area contributed by atoms with Crippen molar-refractivity contribution in [3.63, 3.8) is 0 Å². The molecule has 1 heterocycles. The number of nitrogens with one attached hydrogen (secondary N) is 1. The first-order chi connectivity index (χ1) is 8.50. The average Bonchev–Trinajstić information content (AvgIpc) is 2.56. The van der Waals surface area contributed by atoms with Gasteiger partial charge in [-0.05, 0) is 68.0 Å². The van der Waals surface area contributed by atoms with Crippen molar-refractivity contribution in [1.29, 1.82) is 0 Å². The van der Waals surface area contributed by atoms with Crippen molar-refractivity contribution < 1.29 is 0 Å². The third-order valence-corrected chi connectivity index (χ3v) is 5.82. The second kappa shape index (κ2) is 3.18. The molecule has 0 spiro atoms. The number of nitrogens with zero attached hydrogens (tertiary/aromatic N) is 2. The molecule has 1 aromatic rings. The van der Waals surface area contributed by atoms with Crippen LogP contribution in [-0.4, -0.2) is 14.9 Å². The van der Waals surface area contributed by atoms with Crippen molar-refractivity contribution in [1.82, 2.24) is 14.9 Å². The Bertz CT molecular complexity index is 544. The van der Waals surface area contributed by atoms with Crippen LogP contribution in [0.4, 0.5) is 0 Å². The summed E-state index contributed by atoms with van der Waals surface area (Å²) < 4.78 is 2.16. The maximum Gasteiger partial charge on any atom is 0.214 e. The SMILES string of the molecule is CC12CC3CC(C1)CC(c1n[nH]c(=S)n1N)(C3)C2. The van der Waals surface area contributed by atoms with Gasteiger partial charge in [-0.2, -0.15) is 5.10 Å². The number of rotatable bonds is 1. The minimum Gasteiger partial charge on any atom is -0.335 e. The summed E-state index contributed by atoms with van der Waals surface area (Å²) in [6.07, 6.45) is 7.99. The lowest BCUT2D eigenvalue weighted by atomic mass is 9.44. The highest BCUT2D eigenvalue weighted by Gasteiger charge is 2.58. The van der Waals surface area contributed by atoms with Crippen molar-refractivity contribution >= 4 is 12.2 Å². The van der Waals surface area contributed by atoms with Gasteiger partial charge in [-0.25, -0.2) is 4.68 Å². The summed E-state index contributed by atoms with van der Waals surface area (Å²) in [5.41, 5.74) is 0.707. The Labute approximate surface area is 112 Å². The summed E-state index contributed by atoms with van der Waals surface area (Å²) in [4.78, 5) is 0. The Hall–Kier alpha value is -0.840. The van der Waals surface area contributed by atoms with Gasteiger partial charge in [0, 0.05) is 5.41 Å². The number of hydrogen-bond acceptors (Lipinski definition) is 3. The van der Waals surface area contributed by atoms with E-state index in [1.807, 2.05) is 0 Å². The molecule has 5 heteroatoms. The molecule has 0 radical (unpaired) electrons. The molecule has 18 heavy (non-hydrogen) atoms. The lowest BCUT2D eigenvalue weighted by molar-refractivity contribution is -0.0656. The van der Waals surface area contributed by atoms with Crippen LogP contribution in [0.2, 0.25) is 0 Å². The van der Waals surface area contributed by atoms with Crippen LogP contribution >= 0.6 is 12.2 Å². The van der Waals surface area contributed by atoms with Crippen molar-refractivity contribution in [3.05, 3.63) is 10.6 Å². The zero-order valence-electron chi connectivity index (χ0n) is 10.8. The van der Waals surface area contributed by atoms with Gasteiger partial charge in [-0.15, -0.1) is 0 Å². The quantitative estimate of drug-likeness (QED) is 0.605. The van der Waals surface area contributed by atoms with Crippen LogP contribution in [0.15, 0.2) is 0 Å². The predicted molar refractivity (Wildman–Crippen MR) is 72.0 cm³/mol. The van der Waals surface area contributed by atoms with Crippen molar-refractivity contribution in [2.45, 2.75) is 50.9 Å². The molecule has 5 rings (SSSR count). The zero-order valence-corrected chi connectivity index (χ0v) is 11.6. The minimum absolute atomic E-state index is 0.196. The smallest absolute Gasteiger partial charge is 0.214 e. The van der Waals surface area contributed by atoms with E-state index in [1.54, 1.807) is 4.68 Å². The van der Waals surface area contributed by atoms with E-state index in [0.717, 1.165) is 17.7 Å². The van der Waals surface area contributed by atoms with E-state index in [4.69, 9.17) is 18.1 Å². The van der Waals surface area contributed by atoms with E-state index in [2.05, 4.69) is 17.1 Å². The maximum absolute atomic E-state index is 6.09. The monoisotopic (exact) mass is 264 g/mol. The van der Waals surface area contributed by atoms with E-state index in [1.165, 1.54) is 38.5 Å². The van der Waals surface area contributed by atoms with Gasteiger partial charge in [-0.1, -0.05) is 6.92 Å². The van der Waals surface area contributed by atoms with Crippen LogP contribution in [0, 0.1) is 22.0 Å². The molecule has 4 bridgehead atoms. The zero-order chi connectivity index (χ0) is 12.5. The average molecular weight is 264 g/mol. The Morgan fingerprint density at radius 3 is 2.50 bits per heavy atom. The fourth-order valence-electron chi connectivity index (χ4n) is 5.66. The third kappa shape index (κ3) is 1.31. The molecule has 0 aliphatic heterocycles. The summed E-state index contributed by atoms with van der Waals surface area (Å²) in [5.74, 6) is 8.85. The predicted octanol–water partition coefficient (Wildman–Crippen LogP) is 2.51. The summed E-state index contributed by atoms with van der Waals surface area (Å²) in [7, 11) is 0. The second-order valence-corrected chi connectivity index (χ2v) is 7.66. The van der Waals surface area contributed by atoms with Gasteiger partial charge in [-0.3, -0.25) is 5.10 Å². The summed E-state index contributed by atoms with van der Waals surface area (Å²) >= 11 is 5.18. The van der Waals surface area contributed by atoms with Gasteiger partial charge in [0.05, 0.1) is 0 Å². The Morgan fingerprint density at radius 2 is 2.00 bits per heavy atom. The fourth-order valence-corrected chi connectivity index (χ4v) is 5.79. The minimum atomic E-state index is 0.196. The first-order valence-electron chi connectivity index (χ1n) is 6.93. The second-order valence-electron chi connectivity index (χ2n) is 7.27. The lowest BCUT2D eigenvalue weighted by Gasteiger charge is -2.60. The third-order valence-electron chi connectivity index (χ3n) is 5.53. The summed E-state index contributed by atoms with van der Waals surface area (Å²) in [6.45, 7) is 2.46. The van der Waals surface area contributed by atoms with E-state index in [9.17, 15) is 0 Å². The largest absolute Gasteiger partial charge is 0.335 e. The van der Waals surface area contributed by atoms with Gasteiger partial charge in [0.15, 0.2) is 5.82 Å². The molecule has 0 saturated heterocycles. The van der Waals surface area contributed by atoms with Crippen molar-refractivity contribution in [2.75, 3.05) is 5.84 Å². The molecule has 4 fully saturated rings. The van der Waals surface area contributed by atoms with E-state index in [-0.39, 0.29) is 5.41 Å². The summed E-state index contributed by atoms with van der Waals surface area (Å²) in [5, 5.41) is 7.32. The first kappa shape index (κ1) is 11.0. The molecule has 4 saturated carbocycles. The highest BCUT2D eigenvalue weighted by atomic mass is 32.1. The molecule has 98 valence electrons. The summed E-state index contributed by atoms with van der Waals surface area (Å²) in [6, 6.07) is 0.